The van der Waals surface area contributed by atoms with Gasteiger partial charge in [-0.1, -0.05) is 12.1 Å². The molecule has 0 unspecified atom stereocenters. The molecule has 0 spiro atoms. The summed E-state index contributed by atoms with van der Waals surface area (Å²) in [6.45, 7) is 0. The van der Waals surface area contributed by atoms with Crippen LogP contribution in [-0.4, -0.2) is 30.5 Å². The molecule has 0 aliphatic heterocycles. The number of aromatic amines is 1. The van der Waals surface area contributed by atoms with E-state index in [1.807, 2.05) is 24.3 Å². The van der Waals surface area contributed by atoms with Crippen molar-refractivity contribution in [1.29, 1.82) is 0 Å². The van der Waals surface area contributed by atoms with Crippen LogP contribution in [0.25, 0.3) is 11.0 Å². The van der Waals surface area contributed by atoms with Gasteiger partial charge in [-0.3, -0.25) is 10.1 Å². The van der Waals surface area contributed by atoms with Crippen LogP contribution >= 0.6 is 0 Å². The molecular weight excluding hydrogens is 302 g/mol. The number of amides is 1. The lowest BCUT2D eigenvalue weighted by Gasteiger charge is -2.03. The molecule has 7 heteroatoms. The molecule has 2 N–H and O–H groups in total. The number of anilines is 1. The number of H-pyrrole nitrogens is 1. The van der Waals surface area contributed by atoms with E-state index in [0.29, 0.717) is 11.5 Å². The molecule has 0 atom stereocenters. The first-order valence-corrected chi connectivity index (χ1v) is 8.39. The summed E-state index contributed by atoms with van der Waals surface area (Å²) in [4.78, 5) is 19.5. The summed E-state index contributed by atoms with van der Waals surface area (Å²) >= 11 is 0. The van der Waals surface area contributed by atoms with Gasteiger partial charge in [-0.05, 0) is 36.4 Å². The molecule has 3 aromatic rings. The topological polar surface area (TPSA) is 91.9 Å². The van der Waals surface area contributed by atoms with Gasteiger partial charge in [0.05, 0.1) is 15.9 Å². The molecule has 6 nitrogen and oxygen atoms in total. The van der Waals surface area contributed by atoms with E-state index < -0.39 is 9.84 Å². The Balaban J connectivity index is 1.82. The van der Waals surface area contributed by atoms with Crippen LogP contribution in [0.15, 0.2) is 53.4 Å². The fraction of sp³-hybridized carbons (Fsp3) is 0.0667. The second-order valence-electron chi connectivity index (χ2n) is 4.85. The summed E-state index contributed by atoms with van der Waals surface area (Å²) in [5.74, 6) is -0.0162. The number of carbonyl (C=O) groups excluding carboxylic acids is 1. The van der Waals surface area contributed by atoms with Gasteiger partial charge >= 0.3 is 0 Å². The molecule has 3 rings (SSSR count). The Hall–Kier alpha value is -2.67. The van der Waals surface area contributed by atoms with E-state index in [1.165, 1.54) is 24.3 Å². The van der Waals surface area contributed by atoms with Crippen molar-refractivity contribution in [3.05, 3.63) is 54.1 Å². The van der Waals surface area contributed by atoms with Crippen LogP contribution in [-0.2, 0) is 9.84 Å². The van der Waals surface area contributed by atoms with E-state index in [0.717, 1.165) is 17.3 Å². The average Bonchev–Trinajstić information content (AvgIpc) is 2.88. The number of hydrogen-bond donors (Lipinski definition) is 2. The molecule has 112 valence electrons. The van der Waals surface area contributed by atoms with Gasteiger partial charge in [0.25, 0.3) is 5.91 Å². The minimum Gasteiger partial charge on any atom is -0.324 e. The van der Waals surface area contributed by atoms with Gasteiger partial charge in [0.15, 0.2) is 9.84 Å². The third kappa shape index (κ3) is 2.84. The van der Waals surface area contributed by atoms with Crippen LogP contribution in [0.4, 0.5) is 5.95 Å². The fourth-order valence-corrected chi connectivity index (χ4v) is 2.68. The van der Waals surface area contributed by atoms with Crippen molar-refractivity contribution in [2.75, 3.05) is 11.6 Å². The zero-order valence-electron chi connectivity index (χ0n) is 11.7. The lowest BCUT2D eigenvalue weighted by atomic mass is 10.2. The van der Waals surface area contributed by atoms with Gasteiger partial charge < -0.3 is 4.98 Å². The summed E-state index contributed by atoms with van der Waals surface area (Å²) in [5, 5.41) is 2.65. The zero-order valence-corrected chi connectivity index (χ0v) is 12.5. The number of carbonyl (C=O) groups is 1. The number of hydrogen-bond acceptors (Lipinski definition) is 4. The first kappa shape index (κ1) is 14.3. The predicted octanol–water partition coefficient (Wildman–Crippen LogP) is 2.22. The molecule has 1 aromatic heterocycles. The minimum atomic E-state index is -3.27. The van der Waals surface area contributed by atoms with E-state index in [9.17, 15) is 13.2 Å². The number of rotatable bonds is 3. The lowest BCUT2D eigenvalue weighted by Crippen LogP contribution is -2.13. The Morgan fingerprint density at radius 3 is 2.41 bits per heavy atom. The maximum atomic E-state index is 12.1. The Labute approximate surface area is 127 Å². The Morgan fingerprint density at radius 2 is 1.77 bits per heavy atom. The van der Waals surface area contributed by atoms with Gasteiger partial charge in [-0.15, -0.1) is 0 Å². The first-order valence-electron chi connectivity index (χ1n) is 6.50. The predicted molar refractivity (Wildman–Crippen MR) is 83.6 cm³/mol. The smallest absolute Gasteiger partial charge is 0.257 e. The molecule has 1 heterocycles. The van der Waals surface area contributed by atoms with Crippen molar-refractivity contribution in [3.8, 4) is 0 Å². The highest BCUT2D eigenvalue weighted by Crippen LogP contribution is 2.15. The fourth-order valence-electron chi connectivity index (χ4n) is 2.05. The summed E-state index contributed by atoms with van der Waals surface area (Å²) in [7, 11) is -3.27. The van der Waals surface area contributed by atoms with Crippen molar-refractivity contribution >= 4 is 32.7 Å². The maximum absolute atomic E-state index is 12.1. The SMILES string of the molecule is CS(=O)(=O)c1ccc(C(=O)Nc2nc3ccccc3[nH]2)cc1. The van der Waals surface area contributed by atoms with E-state index in [4.69, 9.17) is 0 Å². The molecule has 2 aromatic carbocycles. The summed E-state index contributed by atoms with van der Waals surface area (Å²) < 4.78 is 22.8. The van der Waals surface area contributed by atoms with Gasteiger partial charge in [-0.25, -0.2) is 13.4 Å². The largest absolute Gasteiger partial charge is 0.324 e. The van der Waals surface area contributed by atoms with Crippen LogP contribution in [0.5, 0.6) is 0 Å². The van der Waals surface area contributed by atoms with Crippen molar-refractivity contribution in [2.24, 2.45) is 0 Å². The van der Waals surface area contributed by atoms with E-state index in [-0.39, 0.29) is 10.8 Å². The second kappa shape index (κ2) is 5.27. The summed E-state index contributed by atoms with van der Waals surface area (Å²) in [5.41, 5.74) is 1.93. The summed E-state index contributed by atoms with van der Waals surface area (Å²) in [6, 6.07) is 13.2. The number of nitrogens with one attached hydrogen (secondary N) is 2. The number of benzene rings is 2. The second-order valence-corrected chi connectivity index (χ2v) is 6.87. The normalized spacial score (nSPS) is 11.5. The maximum Gasteiger partial charge on any atom is 0.257 e. The number of nitrogens with zero attached hydrogens (tertiary/aromatic N) is 1. The third-order valence-electron chi connectivity index (χ3n) is 3.17. The number of aromatic nitrogens is 2. The van der Waals surface area contributed by atoms with Crippen molar-refractivity contribution < 1.29 is 13.2 Å². The quantitative estimate of drug-likeness (QED) is 0.775. The molecule has 0 bridgehead atoms. The van der Waals surface area contributed by atoms with Crippen LogP contribution in [0.3, 0.4) is 0 Å². The van der Waals surface area contributed by atoms with E-state index in [1.54, 1.807) is 0 Å². The number of fused-ring (bicyclic) bond motifs is 1. The Morgan fingerprint density at radius 1 is 1.09 bits per heavy atom. The highest BCUT2D eigenvalue weighted by Gasteiger charge is 2.11. The highest BCUT2D eigenvalue weighted by molar-refractivity contribution is 7.90. The number of para-hydroxylation sites is 2. The minimum absolute atomic E-state index is 0.174. The molecule has 0 aliphatic carbocycles. The van der Waals surface area contributed by atoms with Gasteiger partial charge in [-0.2, -0.15) is 0 Å². The average molecular weight is 315 g/mol. The Kier molecular flexibility index (Phi) is 3.42. The summed E-state index contributed by atoms with van der Waals surface area (Å²) in [6.07, 6.45) is 1.12. The highest BCUT2D eigenvalue weighted by atomic mass is 32.2. The van der Waals surface area contributed by atoms with E-state index in [2.05, 4.69) is 15.3 Å². The van der Waals surface area contributed by atoms with Crippen molar-refractivity contribution in [2.45, 2.75) is 4.90 Å². The molecule has 0 fully saturated rings. The zero-order chi connectivity index (χ0) is 15.7. The van der Waals surface area contributed by atoms with Crippen molar-refractivity contribution in [1.82, 2.24) is 9.97 Å². The number of sulfone groups is 1. The van der Waals surface area contributed by atoms with E-state index >= 15 is 0 Å². The van der Waals surface area contributed by atoms with Crippen LogP contribution in [0.1, 0.15) is 10.4 Å². The Bertz CT molecular complexity index is 911. The van der Waals surface area contributed by atoms with Gasteiger partial charge in [0.1, 0.15) is 0 Å². The molecule has 0 aliphatic rings. The monoisotopic (exact) mass is 315 g/mol. The molecule has 0 saturated carbocycles. The van der Waals surface area contributed by atoms with Crippen LogP contribution < -0.4 is 5.32 Å². The van der Waals surface area contributed by atoms with Crippen molar-refractivity contribution in [3.63, 3.8) is 0 Å². The molecular formula is C15H13N3O3S. The third-order valence-corrected chi connectivity index (χ3v) is 4.29. The first-order chi connectivity index (χ1) is 10.4. The molecule has 0 radical (unpaired) electrons. The van der Waals surface area contributed by atoms with Gasteiger partial charge in [0, 0.05) is 11.8 Å². The number of imidazole rings is 1. The van der Waals surface area contributed by atoms with Crippen LogP contribution in [0.2, 0.25) is 0 Å². The molecule has 0 saturated heterocycles. The standard InChI is InChI=1S/C15H13N3O3S/c1-22(20,21)11-8-6-10(7-9-11)14(19)18-15-16-12-4-2-3-5-13(12)17-15/h2-9H,1H3,(H2,16,17,18,19). The molecule has 1 amide bonds. The molecule has 22 heavy (non-hydrogen) atoms. The van der Waals surface area contributed by atoms with Crippen LogP contribution in [0, 0.1) is 0 Å². The lowest BCUT2D eigenvalue weighted by molar-refractivity contribution is 0.102. The van der Waals surface area contributed by atoms with Gasteiger partial charge in [0.2, 0.25) is 5.95 Å².